The second-order valence-electron chi connectivity index (χ2n) is 5.98. The molecule has 1 aliphatic rings. The van der Waals surface area contributed by atoms with E-state index in [1.807, 2.05) is 0 Å². The molecular formula is C14H31N3. The van der Waals surface area contributed by atoms with E-state index >= 15 is 0 Å². The van der Waals surface area contributed by atoms with Gasteiger partial charge in [0.15, 0.2) is 0 Å². The van der Waals surface area contributed by atoms with E-state index in [1.165, 1.54) is 32.6 Å². The van der Waals surface area contributed by atoms with Crippen LogP contribution in [0.15, 0.2) is 0 Å². The molecule has 0 radical (unpaired) electrons. The van der Waals surface area contributed by atoms with Gasteiger partial charge in [-0.15, -0.1) is 0 Å². The number of nitrogens with two attached hydrogens (primary N) is 1. The molecule has 2 N–H and O–H groups in total. The number of hydrogen-bond acceptors (Lipinski definition) is 3. The maximum atomic E-state index is 6.17. The highest BCUT2D eigenvalue weighted by atomic mass is 15.3. The molecule has 2 unspecified atom stereocenters. The van der Waals surface area contributed by atoms with Crippen LogP contribution in [0, 0.1) is 5.92 Å². The van der Waals surface area contributed by atoms with Gasteiger partial charge >= 0.3 is 0 Å². The molecule has 0 saturated carbocycles. The number of hydrogen-bond donors (Lipinski definition) is 1. The highest BCUT2D eigenvalue weighted by Gasteiger charge is 2.21. The zero-order chi connectivity index (χ0) is 12.8. The second-order valence-corrected chi connectivity index (χ2v) is 5.98. The predicted octanol–water partition coefficient (Wildman–Crippen LogP) is 1.78. The first kappa shape index (κ1) is 14.9. The largest absolute Gasteiger partial charge is 0.327 e. The minimum absolute atomic E-state index is 0.352. The van der Waals surface area contributed by atoms with E-state index < -0.39 is 0 Å². The Bertz CT molecular complexity index is 198. The lowest BCUT2D eigenvalue weighted by Gasteiger charge is -2.38. The van der Waals surface area contributed by atoms with Gasteiger partial charge in [-0.1, -0.05) is 20.8 Å². The Labute approximate surface area is 107 Å². The first-order chi connectivity index (χ1) is 8.02. The molecule has 102 valence electrons. The van der Waals surface area contributed by atoms with Crippen molar-refractivity contribution in [2.45, 2.75) is 52.6 Å². The van der Waals surface area contributed by atoms with Crippen molar-refractivity contribution in [1.29, 1.82) is 0 Å². The summed E-state index contributed by atoms with van der Waals surface area (Å²) in [5.74, 6) is 0.714. The zero-order valence-corrected chi connectivity index (χ0v) is 12.2. The Kier molecular flexibility index (Phi) is 6.45. The Hall–Kier alpha value is -0.120. The maximum absolute atomic E-state index is 6.17. The summed E-state index contributed by atoms with van der Waals surface area (Å²) in [6.45, 7) is 15.0. The molecular weight excluding hydrogens is 210 g/mol. The van der Waals surface area contributed by atoms with Gasteiger partial charge < -0.3 is 5.73 Å². The van der Waals surface area contributed by atoms with Gasteiger partial charge in [0.25, 0.3) is 0 Å². The minimum atomic E-state index is 0.352. The smallest absolute Gasteiger partial charge is 0.0170 e. The van der Waals surface area contributed by atoms with Gasteiger partial charge in [0, 0.05) is 44.8 Å². The lowest BCUT2D eigenvalue weighted by Crippen LogP contribution is -2.52. The van der Waals surface area contributed by atoms with Crippen molar-refractivity contribution in [1.82, 2.24) is 9.80 Å². The van der Waals surface area contributed by atoms with Gasteiger partial charge in [-0.2, -0.15) is 0 Å². The highest BCUT2D eigenvalue weighted by Crippen LogP contribution is 2.10. The molecule has 0 aliphatic carbocycles. The lowest BCUT2D eigenvalue weighted by atomic mass is 10.0. The quantitative estimate of drug-likeness (QED) is 0.769. The van der Waals surface area contributed by atoms with Crippen molar-refractivity contribution < 1.29 is 0 Å². The van der Waals surface area contributed by atoms with Gasteiger partial charge in [-0.3, -0.25) is 9.80 Å². The minimum Gasteiger partial charge on any atom is -0.327 e. The van der Waals surface area contributed by atoms with E-state index in [1.54, 1.807) is 0 Å². The third kappa shape index (κ3) is 5.36. The van der Waals surface area contributed by atoms with Crippen LogP contribution in [0.4, 0.5) is 0 Å². The summed E-state index contributed by atoms with van der Waals surface area (Å²) in [5, 5.41) is 0. The van der Waals surface area contributed by atoms with Crippen LogP contribution in [0.25, 0.3) is 0 Å². The Morgan fingerprint density at radius 3 is 2.12 bits per heavy atom. The number of piperazine rings is 1. The molecule has 0 bridgehead atoms. The normalized spacial score (nSPS) is 22.9. The van der Waals surface area contributed by atoms with Crippen LogP contribution in [-0.2, 0) is 0 Å². The summed E-state index contributed by atoms with van der Waals surface area (Å²) in [6, 6.07) is 1.09. The molecule has 3 nitrogen and oxygen atoms in total. The third-order valence-corrected chi connectivity index (χ3v) is 3.89. The molecule has 1 aliphatic heterocycles. The summed E-state index contributed by atoms with van der Waals surface area (Å²) in [7, 11) is 0. The van der Waals surface area contributed by atoms with Gasteiger partial charge in [0.1, 0.15) is 0 Å². The molecule has 1 fully saturated rings. The van der Waals surface area contributed by atoms with E-state index in [-0.39, 0.29) is 0 Å². The van der Waals surface area contributed by atoms with Crippen LogP contribution < -0.4 is 5.73 Å². The Morgan fingerprint density at radius 2 is 1.65 bits per heavy atom. The Morgan fingerprint density at radius 1 is 1.06 bits per heavy atom. The predicted molar refractivity (Wildman–Crippen MR) is 75.2 cm³/mol. The molecule has 0 amide bonds. The monoisotopic (exact) mass is 241 g/mol. The van der Waals surface area contributed by atoms with Crippen molar-refractivity contribution in [3.63, 3.8) is 0 Å². The van der Waals surface area contributed by atoms with Crippen molar-refractivity contribution >= 4 is 0 Å². The lowest BCUT2D eigenvalue weighted by molar-refractivity contribution is 0.0953. The van der Waals surface area contributed by atoms with Crippen LogP contribution in [0.2, 0.25) is 0 Å². The van der Waals surface area contributed by atoms with Crippen LogP contribution in [0.3, 0.4) is 0 Å². The summed E-state index contributed by atoms with van der Waals surface area (Å²) < 4.78 is 0. The summed E-state index contributed by atoms with van der Waals surface area (Å²) in [4.78, 5) is 5.14. The molecule has 17 heavy (non-hydrogen) atoms. The molecule has 2 atom stereocenters. The van der Waals surface area contributed by atoms with Crippen LogP contribution in [0.1, 0.15) is 40.5 Å². The molecule has 0 aromatic rings. The third-order valence-electron chi connectivity index (χ3n) is 3.89. The average molecular weight is 241 g/mol. The summed E-state index contributed by atoms with van der Waals surface area (Å²) >= 11 is 0. The summed E-state index contributed by atoms with van der Waals surface area (Å²) in [6.07, 6.45) is 2.40. The topological polar surface area (TPSA) is 32.5 Å². The van der Waals surface area contributed by atoms with E-state index in [0.717, 1.165) is 19.0 Å². The van der Waals surface area contributed by atoms with Gasteiger partial charge in [-0.25, -0.2) is 0 Å². The van der Waals surface area contributed by atoms with Gasteiger partial charge in [-0.05, 0) is 25.7 Å². The first-order valence-electron chi connectivity index (χ1n) is 7.24. The van der Waals surface area contributed by atoms with Crippen molar-refractivity contribution in [3.05, 3.63) is 0 Å². The van der Waals surface area contributed by atoms with Crippen molar-refractivity contribution in [3.8, 4) is 0 Å². The van der Waals surface area contributed by atoms with Crippen LogP contribution in [0.5, 0.6) is 0 Å². The van der Waals surface area contributed by atoms with Gasteiger partial charge in [0.2, 0.25) is 0 Å². The van der Waals surface area contributed by atoms with E-state index in [9.17, 15) is 0 Å². The van der Waals surface area contributed by atoms with E-state index in [2.05, 4.69) is 37.5 Å². The second kappa shape index (κ2) is 7.34. The van der Waals surface area contributed by atoms with E-state index in [4.69, 9.17) is 5.73 Å². The SMILES string of the molecule is CCC(C)N1CCN(CC(N)CC(C)C)CC1. The fourth-order valence-corrected chi connectivity index (χ4v) is 2.66. The fraction of sp³-hybridized carbons (Fsp3) is 1.00. The average Bonchev–Trinajstić information content (AvgIpc) is 2.28. The standard InChI is InChI=1S/C14H31N3/c1-5-13(4)17-8-6-16(7-9-17)11-14(15)10-12(2)3/h12-14H,5-11,15H2,1-4H3. The van der Waals surface area contributed by atoms with E-state index in [0.29, 0.717) is 12.0 Å². The highest BCUT2D eigenvalue weighted by molar-refractivity contribution is 4.78. The molecule has 1 heterocycles. The van der Waals surface area contributed by atoms with Crippen molar-refractivity contribution in [2.24, 2.45) is 11.7 Å². The molecule has 3 heteroatoms. The molecule has 0 spiro atoms. The summed E-state index contributed by atoms with van der Waals surface area (Å²) in [5.41, 5.74) is 6.17. The number of nitrogens with zero attached hydrogens (tertiary/aromatic N) is 2. The zero-order valence-electron chi connectivity index (χ0n) is 12.2. The fourth-order valence-electron chi connectivity index (χ4n) is 2.66. The van der Waals surface area contributed by atoms with Crippen molar-refractivity contribution in [2.75, 3.05) is 32.7 Å². The maximum Gasteiger partial charge on any atom is 0.0170 e. The number of rotatable bonds is 6. The molecule has 0 aromatic carbocycles. The van der Waals surface area contributed by atoms with Crippen LogP contribution >= 0.6 is 0 Å². The molecule has 1 saturated heterocycles. The molecule has 1 rings (SSSR count). The van der Waals surface area contributed by atoms with Crippen LogP contribution in [-0.4, -0.2) is 54.6 Å². The first-order valence-corrected chi connectivity index (χ1v) is 7.24. The molecule has 0 aromatic heterocycles. The van der Waals surface area contributed by atoms with Gasteiger partial charge in [0.05, 0.1) is 0 Å². The Balaban J connectivity index is 2.23.